The molecule has 3 heteroatoms. The molecule has 0 spiro atoms. The van der Waals surface area contributed by atoms with Gasteiger partial charge in [-0.25, -0.2) is 0 Å². The van der Waals surface area contributed by atoms with Gasteiger partial charge in [-0.1, -0.05) is 36.2 Å². The second kappa shape index (κ2) is 3.96. The lowest BCUT2D eigenvalue weighted by molar-refractivity contribution is -0.139. The van der Waals surface area contributed by atoms with Crippen LogP contribution in [0.5, 0.6) is 0 Å². The third-order valence-electron chi connectivity index (χ3n) is 1.59. The molecule has 2 nitrogen and oxygen atoms in total. The Kier molecular flexibility index (Phi) is 3.94. The van der Waals surface area contributed by atoms with Crippen molar-refractivity contribution in [2.75, 3.05) is 0 Å². The van der Waals surface area contributed by atoms with Crippen molar-refractivity contribution in [2.24, 2.45) is 0 Å². The number of carboxylic acids is 1. The first-order valence-corrected chi connectivity index (χ1v) is 4.28. The fourth-order valence-electron chi connectivity index (χ4n) is 0.831. The van der Waals surface area contributed by atoms with Crippen LogP contribution in [-0.2, 0) is 4.79 Å². The number of aliphatic carboxylic acids is 1. The summed E-state index contributed by atoms with van der Waals surface area (Å²) in [6.45, 7) is 3.85. The van der Waals surface area contributed by atoms with E-state index in [-0.39, 0.29) is 0 Å². The number of alkyl halides is 1. The van der Waals surface area contributed by atoms with Crippen molar-refractivity contribution in [1.82, 2.24) is 0 Å². The van der Waals surface area contributed by atoms with Gasteiger partial charge >= 0.3 is 5.97 Å². The SMILES string of the molecule is CCCC(Br)(CC)C(=O)O. The minimum absolute atomic E-state index is 0.635. The molecule has 1 N–H and O–H groups in total. The number of hydrogen-bond donors (Lipinski definition) is 1. The highest BCUT2D eigenvalue weighted by Gasteiger charge is 2.31. The molecule has 0 aromatic heterocycles. The van der Waals surface area contributed by atoms with Crippen LogP contribution >= 0.6 is 15.9 Å². The van der Waals surface area contributed by atoms with Gasteiger partial charge in [0.2, 0.25) is 0 Å². The Morgan fingerprint density at radius 1 is 1.60 bits per heavy atom. The van der Waals surface area contributed by atoms with Crippen molar-refractivity contribution >= 4 is 21.9 Å². The minimum atomic E-state index is -0.753. The first-order valence-electron chi connectivity index (χ1n) is 3.49. The Labute approximate surface area is 69.8 Å². The Hall–Kier alpha value is -0.0500. The lowest BCUT2D eigenvalue weighted by atomic mass is 10.0. The molecule has 0 aromatic carbocycles. The third-order valence-corrected chi connectivity index (χ3v) is 2.89. The van der Waals surface area contributed by atoms with E-state index in [4.69, 9.17) is 5.11 Å². The predicted molar refractivity (Wildman–Crippen MR) is 44.5 cm³/mol. The van der Waals surface area contributed by atoms with Crippen molar-refractivity contribution in [1.29, 1.82) is 0 Å². The van der Waals surface area contributed by atoms with Gasteiger partial charge in [0.25, 0.3) is 0 Å². The second-order valence-corrected chi connectivity index (χ2v) is 3.89. The minimum Gasteiger partial charge on any atom is -0.480 e. The summed E-state index contributed by atoms with van der Waals surface area (Å²) in [5, 5.41) is 8.72. The molecule has 0 fully saturated rings. The molecule has 0 aromatic rings. The molecule has 0 aliphatic rings. The van der Waals surface area contributed by atoms with E-state index in [9.17, 15) is 4.79 Å². The highest BCUT2D eigenvalue weighted by atomic mass is 79.9. The van der Waals surface area contributed by atoms with Crippen molar-refractivity contribution in [2.45, 2.75) is 37.4 Å². The second-order valence-electron chi connectivity index (χ2n) is 2.37. The van der Waals surface area contributed by atoms with Gasteiger partial charge < -0.3 is 5.11 Å². The number of hydrogen-bond acceptors (Lipinski definition) is 1. The van der Waals surface area contributed by atoms with Crippen LogP contribution in [0.25, 0.3) is 0 Å². The molecule has 10 heavy (non-hydrogen) atoms. The molecule has 0 heterocycles. The average molecular weight is 209 g/mol. The van der Waals surface area contributed by atoms with Gasteiger partial charge in [-0.15, -0.1) is 0 Å². The fraction of sp³-hybridized carbons (Fsp3) is 0.857. The van der Waals surface area contributed by atoms with Crippen LogP contribution in [0, 0.1) is 0 Å². The molecule has 60 valence electrons. The zero-order valence-corrected chi connectivity index (χ0v) is 7.94. The molecule has 0 bridgehead atoms. The van der Waals surface area contributed by atoms with Gasteiger partial charge in [0.1, 0.15) is 4.32 Å². The van der Waals surface area contributed by atoms with E-state index in [0.717, 1.165) is 6.42 Å². The van der Waals surface area contributed by atoms with E-state index in [1.807, 2.05) is 13.8 Å². The first kappa shape index (κ1) is 9.95. The van der Waals surface area contributed by atoms with Gasteiger partial charge in [-0.3, -0.25) is 4.79 Å². The van der Waals surface area contributed by atoms with E-state index in [0.29, 0.717) is 12.8 Å². The molecular formula is C7H13BrO2. The van der Waals surface area contributed by atoms with Gasteiger partial charge in [-0.05, 0) is 12.8 Å². The van der Waals surface area contributed by atoms with Crippen LogP contribution in [0.1, 0.15) is 33.1 Å². The molecule has 1 atom stereocenters. The van der Waals surface area contributed by atoms with Crippen molar-refractivity contribution in [3.8, 4) is 0 Å². The Balaban J connectivity index is 4.08. The van der Waals surface area contributed by atoms with Crippen LogP contribution in [0.15, 0.2) is 0 Å². The Morgan fingerprint density at radius 3 is 2.20 bits per heavy atom. The summed E-state index contributed by atoms with van der Waals surface area (Å²) in [4.78, 5) is 10.6. The highest BCUT2D eigenvalue weighted by molar-refractivity contribution is 9.10. The summed E-state index contributed by atoms with van der Waals surface area (Å²) >= 11 is 3.21. The third kappa shape index (κ3) is 2.29. The topological polar surface area (TPSA) is 37.3 Å². The van der Waals surface area contributed by atoms with Crippen molar-refractivity contribution < 1.29 is 9.90 Å². The molecule has 0 saturated carbocycles. The van der Waals surface area contributed by atoms with Crippen molar-refractivity contribution in [3.63, 3.8) is 0 Å². The van der Waals surface area contributed by atoms with Crippen LogP contribution < -0.4 is 0 Å². The maximum Gasteiger partial charge on any atom is 0.320 e. The normalized spacial score (nSPS) is 16.3. The maximum atomic E-state index is 10.6. The molecule has 0 amide bonds. The van der Waals surface area contributed by atoms with E-state index >= 15 is 0 Å². The quantitative estimate of drug-likeness (QED) is 0.722. The number of carbonyl (C=O) groups is 1. The lowest BCUT2D eigenvalue weighted by Gasteiger charge is -2.19. The molecule has 0 saturated heterocycles. The largest absolute Gasteiger partial charge is 0.480 e. The van der Waals surface area contributed by atoms with Crippen LogP contribution in [0.3, 0.4) is 0 Å². The van der Waals surface area contributed by atoms with Gasteiger partial charge in [0.15, 0.2) is 0 Å². The highest BCUT2D eigenvalue weighted by Crippen LogP contribution is 2.27. The summed E-state index contributed by atoms with van der Waals surface area (Å²) in [5.74, 6) is -0.753. The summed E-state index contributed by atoms with van der Waals surface area (Å²) in [7, 11) is 0. The fourth-order valence-corrected chi connectivity index (χ4v) is 1.23. The lowest BCUT2D eigenvalue weighted by Crippen LogP contribution is -2.30. The van der Waals surface area contributed by atoms with Crippen molar-refractivity contribution in [3.05, 3.63) is 0 Å². The summed E-state index contributed by atoms with van der Waals surface area (Å²) in [6.07, 6.45) is 2.22. The Morgan fingerprint density at radius 2 is 2.10 bits per heavy atom. The maximum absolute atomic E-state index is 10.6. The summed E-state index contributed by atoms with van der Waals surface area (Å²) < 4.78 is -0.679. The van der Waals surface area contributed by atoms with Crippen LogP contribution in [0.2, 0.25) is 0 Å². The monoisotopic (exact) mass is 208 g/mol. The van der Waals surface area contributed by atoms with Gasteiger partial charge in [0.05, 0.1) is 0 Å². The molecule has 0 rings (SSSR count). The molecular weight excluding hydrogens is 196 g/mol. The molecule has 0 aliphatic carbocycles. The summed E-state index contributed by atoms with van der Waals surface area (Å²) in [6, 6.07) is 0. The zero-order valence-electron chi connectivity index (χ0n) is 6.35. The number of halogens is 1. The van der Waals surface area contributed by atoms with E-state index in [1.54, 1.807) is 0 Å². The zero-order chi connectivity index (χ0) is 8.20. The first-order chi connectivity index (χ1) is 4.56. The molecule has 0 radical (unpaired) electrons. The summed E-state index contributed by atoms with van der Waals surface area (Å²) in [5.41, 5.74) is 0. The predicted octanol–water partition coefficient (Wildman–Crippen LogP) is 2.41. The van der Waals surface area contributed by atoms with Gasteiger partial charge in [-0.2, -0.15) is 0 Å². The number of carboxylic acid groups (broad SMARTS) is 1. The van der Waals surface area contributed by atoms with E-state index in [2.05, 4.69) is 15.9 Å². The number of rotatable bonds is 4. The molecule has 1 unspecified atom stereocenters. The van der Waals surface area contributed by atoms with Crippen LogP contribution in [-0.4, -0.2) is 15.4 Å². The van der Waals surface area contributed by atoms with E-state index < -0.39 is 10.3 Å². The van der Waals surface area contributed by atoms with E-state index in [1.165, 1.54) is 0 Å². The smallest absolute Gasteiger partial charge is 0.320 e. The van der Waals surface area contributed by atoms with Crippen LogP contribution in [0.4, 0.5) is 0 Å². The Bertz CT molecular complexity index is 125. The standard InChI is InChI=1S/C7H13BrO2/c1-3-5-7(8,4-2)6(9)10/h3-5H2,1-2H3,(H,9,10). The average Bonchev–Trinajstić information content (AvgIpc) is 1.88. The molecule has 0 aliphatic heterocycles. The van der Waals surface area contributed by atoms with Gasteiger partial charge in [0, 0.05) is 0 Å².